The van der Waals surface area contributed by atoms with E-state index in [1.165, 1.54) is 12.1 Å². The fourth-order valence-corrected chi connectivity index (χ4v) is 2.09. The zero-order valence-electron chi connectivity index (χ0n) is 13.9. The van der Waals surface area contributed by atoms with Gasteiger partial charge in [0.1, 0.15) is 12.4 Å². The standard InChI is InChI=1S/C18H22FNO3.ClH/c1-21-10-9-20-12-15-5-8-17(18(11-15)22-2)23-13-14-3-6-16(19)7-4-14;/h3-8,11,20H,9-10,12-13H2,1-2H3;1H. The topological polar surface area (TPSA) is 39.7 Å². The minimum Gasteiger partial charge on any atom is -0.493 e. The van der Waals surface area contributed by atoms with Crippen molar-refractivity contribution in [3.8, 4) is 11.5 Å². The van der Waals surface area contributed by atoms with Gasteiger partial charge in [-0.15, -0.1) is 12.4 Å². The van der Waals surface area contributed by atoms with Crippen molar-refractivity contribution in [3.63, 3.8) is 0 Å². The molecule has 0 aliphatic heterocycles. The molecular weight excluding hydrogens is 333 g/mol. The van der Waals surface area contributed by atoms with E-state index in [9.17, 15) is 4.39 Å². The number of nitrogens with one attached hydrogen (secondary N) is 1. The fraction of sp³-hybridized carbons (Fsp3) is 0.333. The summed E-state index contributed by atoms with van der Waals surface area (Å²) in [5.41, 5.74) is 2.01. The largest absolute Gasteiger partial charge is 0.493 e. The van der Waals surface area contributed by atoms with Crippen LogP contribution in [0.2, 0.25) is 0 Å². The molecule has 2 aromatic carbocycles. The summed E-state index contributed by atoms with van der Waals surface area (Å²) >= 11 is 0. The Bertz CT molecular complexity index is 608. The summed E-state index contributed by atoms with van der Waals surface area (Å²) in [6.07, 6.45) is 0. The molecule has 0 fully saturated rings. The maximum absolute atomic E-state index is 12.9. The Morgan fingerprint density at radius 1 is 0.958 bits per heavy atom. The number of hydrogen-bond acceptors (Lipinski definition) is 4. The van der Waals surface area contributed by atoms with Crippen molar-refractivity contribution in [3.05, 3.63) is 59.4 Å². The van der Waals surface area contributed by atoms with Crippen LogP contribution in [-0.2, 0) is 17.9 Å². The van der Waals surface area contributed by atoms with Crippen LogP contribution in [0.15, 0.2) is 42.5 Å². The summed E-state index contributed by atoms with van der Waals surface area (Å²) in [5, 5.41) is 3.28. The smallest absolute Gasteiger partial charge is 0.161 e. The molecule has 0 heterocycles. The zero-order valence-corrected chi connectivity index (χ0v) is 14.7. The predicted octanol–water partition coefficient (Wildman–Crippen LogP) is 3.57. The van der Waals surface area contributed by atoms with Gasteiger partial charge in [-0.1, -0.05) is 18.2 Å². The monoisotopic (exact) mass is 355 g/mol. The molecular formula is C18H23ClFNO3. The van der Waals surface area contributed by atoms with E-state index in [1.54, 1.807) is 26.4 Å². The Balaban J connectivity index is 0.00000288. The lowest BCUT2D eigenvalue weighted by Crippen LogP contribution is -2.18. The van der Waals surface area contributed by atoms with Gasteiger partial charge in [0.2, 0.25) is 0 Å². The first-order valence-electron chi connectivity index (χ1n) is 7.46. The van der Waals surface area contributed by atoms with Gasteiger partial charge in [0.25, 0.3) is 0 Å². The van der Waals surface area contributed by atoms with Gasteiger partial charge in [-0.2, -0.15) is 0 Å². The van der Waals surface area contributed by atoms with Gasteiger partial charge in [0.05, 0.1) is 13.7 Å². The zero-order chi connectivity index (χ0) is 16.5. The molecule has 0 saturated heterocycles. The molecule has 0 aliphatic carbocycles. The molecule has 4 nitrogen and oxygen atoms in total. The lowest BCUT2D eigenvalue weighted by molar-refractivity contribution is 0.199. The van der Waals surface area contributed by atoms with E-state index >= 15 is 0 Å². The highest BCUT2D eigenvalue weighted by molar-refractivity contribution is 5.85. The lowest BCUT2D eigenvalue weighted by Gasteiger charge is -2.13. The van der Waals surface area contributed by atoms with Crippen LogP contribution >= 0.6 is 12.4 Å². The third-order valence-corrected chi connectivity index (χ3v) is 3.35. The molecule has 0 saturated carbocycles. The van der Waals surface area contributed by atoms with Crippen LogP contribution in [-0.4, -0.2) is 27.4 Å². The highest BCUT2D eigenvalue weighted by Gasteiger charge is 2.06. The molecule has 24 heavy (non-hydrogen) atoms. The SMILES string of the molecule is COCCNCc1ccc(OCc2ccc(F)cc2)c(OC)c1.Cl. The summed E-state index contributed by atoms with van der Waals surface area (Å²) in [5.74, 6) is 1.09. The molecule has 0 bridgehead atoms. The first-order valence-corrected chi connectivity index (χ1v) is 7.46. The number of hydrogen-bond donors (Lipinski definition) is 1. The van der Waals surface area contributed by atoms with E-state index in [-0.39, 0.29) is 18.2 Å². The maximum atomic E-state index is 12.9. The second-order valence-corrected chi connectivity index (χ2v) is 5.07. The molecule has 0 aromatic heterocycles. The number of benzene rings is 2. The molecule has 0 atom stereocenters. The van der Waals surface area contributed by atoms with Crippen molar-refractivity contribution >= 4 is 12.4 Å². The molecule has 0 unspecified atom stereocenters. The van der Waals surface area contributed by atoms with Crippen LogP contribution < -0.4 is 14.8 Å². The molecule has 2 rings (SSSR count). The molecule has 0 radical (unpaired) electrons. The summed E-state index contributed by atoms with van der Waals surface area (Å²) in [6, 6.07) is 12.1. The Morgan fingerprint density at radius 3 is 2.33 bits per heavy atom. The van der Waals surface area contributed by atoms with Gasteiger partial charge in [-0.25, -0.2) is 4.39 Å². The normalized spacial score (nSPS) is 10.1. The molecule has 0 spiro atoms. The maximum Gasteiger partial charge on any atom is 0.161 e. The number of rotatable bonds is 9. The Kier molecular flexibility index (Phi) is 9.15. The quantitative estimate of drug-likeness (QED) is 0.698. The first kappa shape index (κ1) is 20.2. The summed E-state index contributed by atoms with van der Waals surface area (Å²) < 4.78 is 29.0. The highest BCUT2D eigenvalue weighted by atomic mass is 35.5. The minimum absolute atomic E-state index is 0. The molecule has 132 valence electrons. The fourth-order valence-electron chi connectivity index (χ4n) is 2.09. The highest BCUT2D eigenvalue weighted by Crippen LogP contribution is 2.28. The van der Waals surface area contributed by atoms with Gasteiger partial charge in [-0.05, 0) is 35.4 Å². The molecule has 2 aromatic rings. The average molecular weight is 356 g/mol. The number of halogens is 2. The van der Waals surface area contributed by atoms with E-state index in [1.807, 2.05) is 18.2 Å². The number of ether oxygens (including phenoxy) is 3. The van der Waals surface area contributed by atoms with Crippen molar-refractivity contribution in [2.24, 2.45) is 0 Å². The lowest BCUT2D eigenvalue weighted by atomic mass is 10.2. The minimum atomic E-state index is -0.253. The van der Waals surface area contributed by atoms with E-state index < -0.39 is 0 Å². The third kappa shape index (κ3) is 6.35. The van der Waals surface area contributed by atoms with E-state index in [0.717, 1.165) is 24.2 Å². The molecule has 0 aliphatic rings. The Hall–Kier alpha value is -1.82. The van der Waals surface area contributed by atoms with Gasteiger partial charge in [0.15, 0.2) is 11.5 Å². The summed E-state index contributed by atoms with van der Waals surface area (Å²) in [7, 11) is 3.29. The second kappa shape index (κ2) is 10.9. The van der Waals surface area contributed by atoms with Crippen LogP contribution in [0.5, 0.6) is 11.5 Å². The van der Waals surface area contributed by atoms with E-state index in [2.05, 4.69) is 5.32 Å². The van der Waals surface area contributed by atoms with Gasteiger partial charge >= 0.3 is 0 Å². The van der Waals surface area contributed by atoms with Crippen molar-refractivity contribution in [2.45, 2.75) is 13.2 Å². The molecule has 6 heteroatoms. The van der Waals surface area contributed by atoms with Crippen molar-refractivity contribution in [1.29, 1.82) is 0 Å². The third-order valence-electron chi connectivity index (χ3n) is 3.35. The average Bonchev–Trinajstić information content (AvgIpc) is 2.58. The van der Waals surface area contributed by atoms with Crippen molar-refractivity contribution < 1.29 is 18.6 Å². The van der Waals surface area contributed by atoms with E-state index in [4.69, 9.17) is 14.2 Å². The molecule has 0 amide bonds. The number of methoxy groups -OCH3 is 2. The van der Waals surface area contributed by atoms with Crippen molar-refractivity contribution in [2.75, 3.05) is 27.4 Å². The van der Waals surface area contributed by atoms with E-state index in [0.29, 0.717) is 24.7 Å². The van der Waals surface area contributed by atoms with Crippen LogP contribution in [0.3, 0.4) is 0 Å². The van der Waals surface area contributed by atoms with Crippen LogP contribution in [0.25, 0.3) is 0 Å². The van der Waals surface area contributed by atoms with Gasteiger partial charge < -0.3 is 19.5 Å². The van der Waals surface area contributed by atoms with Crippen LogP contribution in [0, 0.1) is 5.82 Å². The Morgan fingerprint density at radius 2 is 1.67 bits per heavy atom. The van der Waals surface area contributed by atoms with Crippen molar-refractivity contribution in [1.82, 2.24) is 5.32 Å². The van der Waals surface area contributed by atoms with Crippen LogP contribution in [0.1, 0.15) is 11.1 Å². The summed E-state index contributed by atoms with van der Waals surface area (Å²) in [6.45, 7) is 2.57. The first-order chi connectivity index (χ1) is 11.2. The summed E-state index contributed by atoms with van der Waals surface area (Å²) in [4.78, 5) is 0. The molecule has 1 N–H and O–H groups in total. The van der Waals surface area contributed by atoms with Gasteiger partial charge in [0, 0.05) is 20.2 Å². The second-order valence-electron chi connectivity index (χ2n) is 5.07. The van der Waals surface area contributed by atoms with Gasteiger partial charge in [-0.3, -0.25) is 0 Å². The predicted molar refractivity (Wildman–Crippen MR) is 94.6 cm³/mol. The van der Waals surface area contributed by atoms with Crippen LogP contribution in [0.4, 0.5) is 4.39 Å². The Labute approximate surface area is 148 Å².